The maximum atomic E-state index is 12.9. The van der Waals surface area contributed by atoms with Gasteiger partial charge in [0.15, 0.2) is 0 Å². The predicted octanol–water partition coefficient (Wildman–Crippen LogP) is 3.72. The summed E-state index contributed by atoms with van der Waals surface area (Å²) < 4.78 is 43.5. The zero-order chi connectivity index (χ0) is 17.2. The number of halogens is 3. The van der Waals surface area contributed by atoms with Crippen LogP contribution in [-0.4, -0.2) is 29.5 Å². The molecule has 124 valence electrons. The highest BCUT2D eigenvalue weighted by Gasteiger charge is 2.38. The minimum Gasteiger partial charge on any atom is -0.447 e. The molecule has 7 heteroatoms. The van der Waals surface area contributed by atoms with Crippen molar-refractivity contribution in [1.82, 2.24) is 4.90 Å². The first kappa shape index (κ1) is 17.1. The van der Waals surface area contributed by atoms with E-state index in [1.54, 1.807) is 0 Å². The van der Waals surface area contributed by atoms with Gasteiger partial charge in [-0.05, 0) is 23.6 Å². The summed E-state index contributed by atoms with van der Waals surface area (Å²) in [7, 11) is 0. The summed E-state index contributed by atoms with van der Waals surface area (Å²) in [6.07, 6.45) is -3.26. The van der Waals surface area contributed by atoms with Gasteiger partial charge in [-0.1, -0.05) is 32.0 Å². The van der Waals surface area contributed by atoms with Gasteiger partial charge in [0.2, 0.25) is 0 Å². The Balaban J connectivity index is 2.24. The number of ether oxygens (including phenoxy) is 1. The second kappa shape index (κ2) is 6.44. The summed E-state index contributed by atoms with van der Waals surface area (Å²) in [4.78, 5) is 24.7. The first-order valence-electron chi connectivity index (χ1n) is 7.06. The van der Waals surface area contributed by atoms with E-state index in [-0.39, 0.29) is 18.1 Å². The van der Waals surface area contributed by atoms with Crippen molar-refractivity contribution in [2.24, 2.45) is 5.92 Å². The minimum absolute atomic E-state index is 0.0127. The maximum Gasteiger partial charge on any atom is 0.417 e. The molecule has 0 spiro atoms. The van der Waals surface area contributed by atoms with E-state index < -0.39 is 29.8 Å². The first-order valence-corrected chi connectivity index (χ1v) is 7.06. The molecule has 0 saturated carbocycles. The van der Waals surface area contributed by atoms with Crippen molar-refractivity contribution in [2.45, 2.75) is 26.1 Å². The van der Waals surface area contributed by atoms with E-state index in [1.807, 2.05) is 13.8 Å². The maximum absolute atomic E-state index is 12.9. The summed E-state index contributed by atoms with van der Waals surface area (Å²) in [5, 5.41) is 0. The molecular weight excluding hydrogens is 311 g/mol. The number of amides is 2. The molecule has 23 heavy (non-hydrogen) atoms. The molecule has 1 heterocycles. The number of hydrogen-bond donors (Lipinski definition) is 0. The predicted molar refractivity (Wildman–Crippen MR) is 77.3 cm³/mol. The third-order valence-corrected chi connectivity index (χ3v) is 3.58. The second-order valence-electron chi connectivity index (χ2n) is 5.51. The molecular formula is C16H16F3NO3. The SMILES string of the molecule is CC(C)C1COC(=O)N1C(=O)/C=C/c1ccccc1C(F)(F)F. The Labute approximate surface area is 131 Å². The van der Waals surface area contributed by atoms with E-state index in [1.165, 1.54) is 18.2 Å². The Morgan fingerprint density at radius 2 is 2.00 bits per heavy atom. The largest absolute Gasteiger partial charge is 0.447 e. The van der Waals surface area contributed by atoms with Crippen LogP contribution < -0.4 is 0 Å². The molecule has 0 N–H and O–H groups in total. The van der Waals surface area contributed by atoms with Crippen molar-refractivity contribution in [3.8, 4) is 0 Å². The van der Waals surface area contributed by atoms with Crippen LogP contribution in [0.15, 0.2) is 30.3 Å². The smallest absolute Gasteiger partial charge is 0.417 e. The van der Waals surface area contributed by atoms with Crippen LogP contribution in [0.25, 0.3) is 6.08 Å². The zero-order valence-corrected chi connectivity index (χ0v) is 12.6. The number of carbonyl (C=O) groups excluding carboxylic acids is 2. The molecule has 1 aliphatic rings. The van der Waals surface area contributed by atoms with Crippen LogP contribution in [0.1, 0.15) is 25.0 Å². The van der Waals surface area contributed by atoms with Crippen LogP contribution >= 0.6 is 0 Å². The molecule has 1 fully saturated rings. The van der Waals surface area contributed by atoms with E-state index >= 15 is 0 Å². The fourth-order valence-electron chi connectivity index (χ4n) is 2.32. The van der Waals surface area contributed by atoms with Crippen LogP contribution in [0.3, 0.4) is 0 Å². The van der Waals surface area contributed by atoms with E-state index in [2.05, 4.69) is 0 Å². The monoisotopic (exact) mass is 327 g/mol. The van der Waals surface area contributed by atoms with Crippen molar-refractivity contribution >= 4 is 18.1 Å². The highest BCUT2D eigenvalue weighted by Crippen LogP contribution is 2.32. The molecule has 0 bridgehead atoms. The van der Waals surface area contributed by atoms with Crippen LogP contribution in [-0.2, 0) is 15.7 Å². The summed E-state index contributed by atoms with van der Waals surface area (Å²) >= 11 is 0. The number of alkyl halides is 3. The van der Waals surface area contributed by atoms with Gasteiger partial charge >= 0.3 is 12.3 Å². The summed E-state index contributed by atoms with van der Waals surface area (Å²) in [6, 6.07) is 4.49. The van der Waals surface area contributed by atoms with Gasteiger partial charge in [-0.3, -0.25) is 4.79 Å². The van der Waals surface area contributed by atoms with Crippen LogP contribution in [0.4, 0.5) is 18.0 Å². The Kier molecular flexibility index (Phi) is 4.77. The summed E-state index contributed by atoms with van der Waals surface area (Å²) in [5.74, 6) is -0.704. The number of imide groups is 1. The third-order valence-electron chi connectivity index (χ3n) is 3.58. The lowest BCUT2D eigenvalue weighted by atomic mass is 10.0. The van der Waals surface area contributed by atoms with E-state index in [4.69, 9.17) is 4.74 Å². The van der Waals surface area contributed by atoms with Crippen LogP contribution in [0.2, 0.25) is 0 Å². The fourth-order valence-corrected chi connectivity index (χ4v) is 2.32. The molecule has 4 nitrogen and oxygen atoms in total. The summed E-state index contributed by atoms with van der Waals surface area (Å²) in [6.45, 7) is 3.75. The standard InChI is InChI=1S/C16H16F3NO3/c1-10(2)13-9-23-15(22)20(13)14(21)8-7-11-5-3-4-6-12(11)16(17,18)19/h3-8,10,13H,9H2,1-2H3/b8-7+. The Hall–Kier alpha value is -2.31. The Morgan fingerprint density at radius 3 is 2.61 bits per heavy atom. The van der Waals surface area contributed by atoms with Crippen molar-refractivity contribution in [1.29, 1.82) is 0 Å². The van der Waals surface area contributed by atoms with Gasteiger partial charge in [0, 0.05) is 6.08 Å². The molecule has 2 rings (SSSR count). The lowest BCUT2D eigenvalue weighted by Gasteiger charge is -2.21. The third kappa shape index (κ3) is 3.72. The number of cyclic esters (lactones) is 1. The highest BCUT2D eigenvalue weighted by molar-refractivity contribution is 6.02. The molecule has 1 atom stereocenters. The molecule has 1 aliphatic heterocycles. The van der Waals surface area contributed by atoms with Crippen molar-refractivity contribution in [3.05, 3.63) is 41.5 Å². The average molecular weight is 327 g/mol. The normalized spacial score (nSPS) is 18.8. The molecule has 1 aromatic rings. The van der Waals surface area contributed by atoms with Crippen molar-refractivity contribution in [2.75, 3.05) is 6.61 Å². The topological polar surface area (TPSA) is 46.6 Å². The van der Waals surface area contributed by atoms with Gasteiger partial charge in [0.1, 0.15) is 6.61 Å². The van der Waals surface area contributed by atoms with E-state index in [0.29, 0.717) is 0 Å². The van der Waals surface area contributed by atoms with Crippen molar-refractivity contribution in [3.63, 3.8) is 0 Å². The molecule has 1 saturated heterocycles. The fraction of sp³-hybridized carbons (Fsp3) is 0.375. The Bertz CT molecular complexity index is 638. The number of carbonyl (C=O) groups is 2. The van der Waals surface area contributed by atoms with Crippen molar-refractivity contribution < 1.29 is 27.5 Å². The lowest BCUT2D eigenvalue weighted by Crippen LogP contribution is -2.40. The van der Waals surface area contributed by atoms with Crippen LogP contribution in [0, 0.1) is 5.92 Å². The molecule has 1 unspecified atom stereocenters. The molecule has 0 aliphatic carbocycles. The molecule has 1 aromatic carbocycles. The van der Waals surface area contributed by atoms with Gasteiger partial charge in [0.05, 0.1) is 11.6 Å². The van der Waals surface area contributed by atoms with Gasteiger partial charge in [-0.2, -0.15) is 13.2 Å². The van der Waals surface area contributed by atoms with Gasteiger partial charge in [-0.25, -0.2) is 9.69 Å². The highest BCUT2D eigenvalue weighted by atomic mass is 19.4. The number of benzene rings is 1. The second-order valence-corrected chi connectivity index (χ2v) is 5.51. The Morgan fingerprint density at radius 1 is 1.35 bits per heavy atom. The molecule has 0 aromatic heterocycles. The minimum atomic E-state index is -4.52. The number of rotatable bonds is 3. The van der Waals surface area contributed by atoms with Gasteiger partial charge < -0.3 is 4.74 Å². The average Bonchev–Trinajstić information content (AvgIpc) is 2.86. The zero-order valence-electron chi connectivity index (χ0n) is 12.6. The quantitative estimate of drug-likeness (QED) is 0.795. The van der Waals surface area contributed by atoms with E-state index in [0.717, 1.165) is 23.1 Å². The summed E-state index contributed by atoms with van der Waals surface area (Å²) in [5.41, 5.74) is -0.976. The van der Waals surface area contributed by atoms with E-state index in [9.17, 15) is 22.8 Å². The lowest BCUT2D eigenvalue weighted by molar-refractivity contribution is -0.137. The van der Waals surface area contributed by atoms with Gasteiger partial charge in [0.25, 0.3) is 5.91 Å². The number of hydrogen-bond acceptors (Lipinski definition) is 3. The molecule has 0 radical (unpaired) electrons. The number of nitrogens with zero attached hydrogens (tertiary/aromatic N) is 1. The van der Waals surface area contributed by atoms with Gasteiger partial charge in [-0.15, -0.1) is 0 Å². The molecule has 2 amide bonds. The first-order chi connectivity index (χ1) is 10.7. The van der Waals surface area contributed by atoms with Crippen LogP contribution in [0.5, 0.6) is 0 Å².